The maximum Gasteiger partial charge on any atom is 0.234 e. The molecule has 0 spiro atoms. The molecule has 0 radical (unpaired) electrons. The fraction of sp³-hybridized carbons (Fsp3) is 0.375. The summed E-state index contributed by atoms with van der Waals surface area (Å²) >= 11 is 0. The lowest BCUT2D eigenvalue weighted by Crippen LogP contribution is -2.35. The molecule has 0 aliphatic rings. The van der Waals surface area contributed by atoms with Gasteiger partial charge in [-0.05, 0) is 17.2 Å². The quantitative estimate of drug-likeness (QED) is 0.674. The zero-order valence-electron chi connectivity index (χ0n) is 13.2. The Kier molecular flexibility index (Phi) is 8.97. The molecule has 23 heavy (non-hydrogen) atoms. The van der Waals surface area contributed by atoms with Crippen molar-refractivity contribution in [3.05, 3.63) is 53.9 Å². The third-order valence-electron chi connectivity index (χ3n) is 3.25. The van der Waals surface area contributed by atoms with E-state index in [1.54, 1.807) is 13.3 Å². The number of carbonyl (C=O) groups is 1. The van der Waals surface area contributed by atoms with Crippen LogP contribution in [0.25, 0.3) is 0 Å². The van der Waals surface area contributed by atoms with Gasteiger partial charge < -0.3 is 15.4 Å². The van der Waals surface area contributed by atoms with Gasteiger partial charge in [-0.3, -0.25) is 9.48 Å². The van der Waals surface area contributed by atoms with Crippen LogP contribution in [0.1, 0.15) is 11.1 Å². The molecule has 0 fully saturated rings. The molecule has 0 bridgehead atoms. The number of ether oxygens (including phenoxy) is 1. The minimum atomic E-state index is -0.0232. The van der Waals surface area contributed by atoms with Crippen molar-refractivity contribution < 1.29 is 9.53 Å². The molecule has 1 aromatic heterocycles. The first kappa shape index (κ1) is 19.2. The van der Waals surface area contributed by atoms with Crippen LogP contribution in [-0.4, -0.2) is 42.5 Å². The van der Waals surface area contributed by atoms with Gasteiger partial charge in [-0.1, -0.05) is 24.3 Å². The highest BCUT2D eigenvalue weighted by Gasteiger charge is 2.05. The van der Waals surface area contributed by atoms with Crippen LogP contribution in [0.3, 0.4) is 0 Å². The number of rotatable bonds is 9. The zero-order chi connectivity index (χ0) is 15.6. The van der Waals surface area contributed by atoms with Gasteiger partial charge in [-0.15, -0.1) is 12.4 Å². The molecule has 126 valence electrons. The SMILES string of the molecule is COCCNCC(=O)NCc1ccccc1Cn1cccn1.Cl. The van der Waals surface area contributed by atoms with E-state index in [0.29, 0.717) is 32.8 Å². The molecule has 0 saturated heterocycles. The lowest BCUT2D eigenvalue weighted by atomic mass is 10.1. The summed E-state index contributed by atoms with van der Waals surface area (Å²) in [7, 11) is 1.64. The number of halogens is 1. The fourth-order valence-electron chi connectivity index (χ4n) is 2.09. The van der Waals surface area contributed by atoms with E-state index in [-0.39, 0.29) is 18.3 Å². The molecule has 1 amide bonds. The molecule has 0 atom stereocenters. The Morgan fingerprint density at radius 3 is 2.74 bits per heavy atom. The van der Waals surface area contributed by atoms with Gasteiger partial charge in [-0.25, -0.2) is 0 Å². The van der Waals surface area contributed by atoms with Gasteiger partial charge >= 0.3 is 0 Å². The van der Waals surface area contributed by atoms with E-state index in [1.165, 1.54) is 0 Å². The highest BCUT2D eigenvalue weighted by Crippen LogP contribution is 2.10. The van der Waals surface area contributed by atoms with Crippen LogP contribution < -0.4 is 10.6 Å². The molecular formula is C16H23ClN4O2. The first-order valence-corrected chi connectivity index (χ1v) is 7.30. The van der Waals surface area contributed by atoms with E-state index < -0.39 is 0 Å². The predicted octanol–water partition coefficient (Wildman–Crippen LogP) is 1.21. The largest absolute Gasteiger partial charge is 0.383 e. The van der Waals surface area contributed by atoms with Crippen molar-refractivity contribution in [2.45, 2.75) is 13.1 Å². The number of aromatic nitrogens is 2. The predicted molar refractivity (Wildman–Crippen MR) is 91.6 cm³/mol. The van der Waals surface area contributed by atoms with E-state index >= 15 is 0 Å². The molecule has 1 aromatic carbocycles. The highest BCUT2D eigenvalue weighted by molar-refractivity contribution is 5.85. The van der Waals surface area contributed by atoms with Crippen molar-refractivity contribution in [2.75, 3.05) is 26.8 Å². The lowest BCUT2D eigenvalue weighted by molar-refractivity contribution is -0.120. The average molecular weight is 339 g/mol. The number of nitrogens with one attached hydrogen (secondary N) is 2. The van der Waals surface area contributed by atoms with Gasteiger partial charge in [0.15, 0.2) is 0 Å². The van der Waals surface area contributed by atoms with Gasteiger partial charge in [0.2, 0.25) is 5.91 Å². The molecule has 0 saturated carbocycles. The maximum absolute atomic E-state index is 11.8. The number of hydrogen-bond acceptors (Lipinski definition) is 4. The molecule has 2 aromatic rings. The van der Waals surface area contributed by atoms with Crippen molar-refractivity contribution in [1.29, 1.82) is 0 Å². The van der Waals surface area contributed by atoms with Crippen LogP contribution in [0, 0.1) is 0 Å². The molecule has 7 heteroatoms. The normalized spacial score (nSPS) is 10.1. The third-order valence-corrected chi connectivity index (χ3v) is 3.25. The lowest BCUT2D eigenvalue weighted by Gasteiger charge is -2.11. The summed E-state index contributed by atoms with van der Waals surface area (Å²) in [5.41, 5.74) is 2.25. The van der Waals surface area contributed by atoms with Gasteiger partial charge in [0.05, 0.1) is 19.7 Å². The first-order valence-electron chi connectivity index (χ1n) is 7.30. The molecule has 2 rings (SSSR count). The summed E-state index contributed by atoms with van der Waals surface area (Å²) in [5, 5.41) is 10.2. The Bertz CT molecular complexity index is 575. The minimum Gasteiger partial charge on any atom is -0.383 e. The van der Waals surface area contributed by atoms with Crippen molar-refractivity contribution in [3.63, 3.8) is 0 Å². The Hall–Kier alpha value is -1.89. The second-order valence-corrected chi connectivity index (χ2v) is 4.92. The van der Waals surface area contributed by atoms with Crippen LogP contribution in [-0.2, 0) is 22.6 Å². The molecule has 0 unspecified atom stereocenters. The van der Waals surface area contributed by atoms with Crippen molar-refractivity contribution >= 4 is 18.3 Å². The highest BCUT2D eigenvalue weighted by atomic mass is 35.5. The van der Waals surface area contributed by atoms with Gasteiger partial charge in [-0.2, -0.15) is 5.10 Å². The first-order chi connectivity index (χ1) is 10.8. The number of amides is 1. The number of hydrogen-bond donors (Lipinski definition) is 2. The molecule has 0 aliphatic heterocycles. The minimum absolute atomic E-state index is 0. The molecule has 6 nitrogen and oxygen atoms in total. The second kappa shape index (κ2) is 10.8. The average Bonchev–Trinajstić information content (AvgIpc) is 3.04. The summed E-state index contributed by atoms with van der Waals surface area (Å²) in [6.45, 7) is 2.78. The Balaban J connectivity index is 0.00000264. The third kappa shape index (κ3) is 6.81. The summed E-state index contributed by atoms with van der Waals surface area (Å²) in [6, 6.07) is 9.95. The van der Waals surface area contributed by atoms with E-state index in [9.17, 15) is 4.79 Å². The van der Waals surface area contributed by atoms with E-state index in [0.717, 1.165) is 11.1 Å². The smallest absolute Gasteiger partial charge is 0.234 e. The van der Waals surface area contributed by atoms with Crippen LogP contribution in [0.4, 0.5) is 0 Å². The zero-order valence-corrected chi connectivity index (χ0v) is 14.0. The number of carbonyl (C=O) groups excluding carboxylic acids is 1. The van der Waals surface area contributed by atoms with Gasteiger partial charge in [0.25, 0.3) is 0 Å². The monoisotopic (exact) mass is 338 g/mol. The summed E-state index contributed by atoms with van der Waals surface area (Å²) in [5.74, 6) is -0.0232. The van der Waals surface area contributed by atoms with Gasteiger partial charge in [0.1, 0.15) is 0 Å². The number of methoxy groups -OCH3 is 1. The molecule has 2 N–H and O–H groups in total. The summed E-state index contributed by atoms with van der Waals surface area (Å²) in [6.07, 6.45) is 3.69. The van der Waals surface area contributed by atoms with Crippen LogP contribution in [0.15, 0.2) is 42.7 Å². The maximum atomic E-state index is 11.8. The Morgan fingerprint density at radius 2 is 2.04 bits per heavy atom. The number of benzene rings is 1. The Morgan fingerprint density at radius 1 is 1.26 bits per heavy atom. The Labute approximate surface area is 142 Å². The topological polar surface area (TPSA) is 68.2 Å². The van der Waals surface area contributed by atoms with Crippen LogP contribution in [0.2, 0.25) is 0 Å². The molecule has 1 heterocycles. The molecular weight excluding hydrogens is 316 g/mol. The standard InChI is InChI=1S/C16H22N4O2.ClH/c1-22-10-8-17-12-16(21)18-11-14-5-2-3-6-15(14)13-20-9-4-7-19-20;/h2-7,9,17H,8,10-13H2,1H3,(H,18,21);1H. The van der Waals surface area contributed by atoms with E-state index in [4.69, 9.17) is 4.74 Å². The molecule has 0 aliphatic carbocycles. The fourth-order valence-corrected chi connectivity index (χ4v) is 2.09. The second-order valence-electron chi connectivity index (χ2n) is 4.92. The summed E-state index contributed by atoms with van der Waals surface area (Å²) in [4.78, 5) is 11.8. The van der Waals surface area contributed by atoms with E-state index in [1.807, 2.05) is 35.1 Å². The van der Waals surface area contributed by atoms with Crippen molar-refractivity contribution in [1.82, 2.24) is 20.4 Å². The van der Waals surface area contributed by atoms with Gasteiger partial charge in [0, 0.05) is 32.6 Å². The summed E-state index contributed by atoms with van der Waals surface area (Å²) < 4.78 is 6.78. The van der Waals surface area contributed by atoms with E-state index in [2.05, 4.69) is 21.8 Å². The van der Waals surface area contributed by atoms with Crippen molar-refractivity contribution in [2.24, 2.45) is 0 Å². The van der Waals surface area contributed by atoms with Crippen LogP contribution >= 0.6 is 12.4 Å². The van der Waals surface area contributed by atoms with Crippen molar-refractivity contribution in [3.8, 4) is 0 Å². The number of nitrogens with zero attached hydrogens (tertiary/aromatic N) is 2. The van der Waals surface area contributed by atoms with Crippen LogP contribution in [0.5, 0.6) is 0 Å².